The van der Waals surface area contributed by atoms with Crippen molar-refractivity contribution in [1.82, 2.24) is 9.88 Å². The lowest BCUT2D eigenvalue weighted by atomic mass is 10.0. The van der Waals surface area contributed by atoms with Gasteiger partial charge in [0, 0.05) is 17.8 Å². The molecular weight excluding hydrogens is 320 g/mol. The lowest BCUT2D eigenvalue weighted by molar-refractivity contribution is 0.0645. The third-order valence-corrected chi connectivity index (χ3v) is 6.70. The molecule has 1 atom stereocenters. The first-order valence-electron chi connectivity index (χ1n) is 9.01. The smallest absolute Gasteiger partial charge is 0.272 e. The highest BCUT2D eigenvalue weighted by Gasteiger charge is 2.37. The molecule has 1 amide bonds. The molecule has 0 N–H and O–H groups in total. The van der Waals surface area contributed by atoms with Crippen LogP contribution in [0.4, 0.5) is 0 Å². The number of amides is 1. The first-order chi connectivity index (χ1) is 11.3. The maximum absolute atomic E-state index is 12.9. The summed E-state index contributed by atoms with van der Waals surface area (Å²) in [7, 11) is -1.14. The van der Waals surface area contributed by atoms with E-state index in [0.717, 1.165) is 37.8 Å². The number of nitrogens with zero attached hydrogens (tertiary/aromatic N) is 2. The van der Waals surface area contributed by atoms with E-state index in [2.05, 4.69) is 32.7 Å². The Balaban J connectivity index is 1.92. The second kappa shape index (κ2) is 6.58. The van der Waals surface area contributed by atoms with Gasteiger partial charge in [-0.1, -0.05) is 19.9 Å². The molecule has 0 aromatic carbocycles. The third kappa shape index (κ3) is 3.56. The standard InChI is InChI=1S/C19H28N2O2S/c1-13(2)12-24(23)17-15(14-6-7-14)8-9-16(20-17)18(22)21-11-5-10-19(21,3)4/h8-9,13-14H,5-7,10-12H2,1-4H3. The Morgan fingerprint density at radius 3 is 2.62 bits per heavy atom. The van der Waals surface area contributed by atoms with E-state index in [4.69, 9.17) is 0 Å². The van der Waals surface area contributed by atoms with E-state index in [1.165, 1.54) is 0 Å². The number of pyridine rings is 1. The zero-order valence-corrected chi connectivity index (χ0v) is 16.0. The van der Waals surface area contributed by atoms with Gasteiger partial charge in [-0.2, -0.15) is 0 Å². The molecule has 1 saturated carbocycles. The Kier molecular flexibility index (Phi) is 4.82. The van der Waals surface area contributed by atoms with E-state index in [-0.39, 0.29) is 11.4 Å². The molecule has 2 aliphatic rings. The number of carbonyl (C=O) groups excluding carboxylic acids is 1. The fourth-order valence-electron chi connectivity index (χ4n) is 3.46. The number of rotatable bonds is 5. The van der Waals surface area contributed by atoms with Crippen LogP contribution in [0.5, 0.6) is 0 Å². The lowest BCUT2D eigenvalue weighted by Crippen LogP contribution is -2.43. The fraction of sp³-hybridized carbons (Fsp3) is 0.684. The predicted octanol–water partition coefficient (Wildman–Crippen LogP) is 3.74. The second-order valence-electron chi connectivity index (χ2n) is 8.14. The summed E-state index contributed by atoms with van der Waals surface area (Å²) in [6.45, 7) is 9.12. The topological polar surface area (TPSA) is 50.3 Å². The minimum Gasteiger partial charge on any atom is -0.332 e. The van der Waals surface area contributed by atoms with Crippen molar-refractivity contribution in [2.45, 2.75) is 69.9 Å². The van der Waals surface area contributed by atoms with Gasteiger partial charge in [0.15, 0.2) is 0 Å². The Hall–Kier alpha value is -1.23. The third-order valence-electron chi connectivity index (χ3n) is 4.97. The van der Waals surface area contributed by atoms with Crippen molar-refractivity contribution in [3.05, 3.63) is 23.4 Å². The van der Waals surface area contributed by atoms with Gasteiger partial charge in [0.1, 0.15) is 10.7 Å². The molecule has 1 aliphatic heterocycles. The van der Waals surface area contributed by atoms with E-state index in [1.54, 1.807) is 0 Å². The number of carbonyl (C=O) groups is 1. The first-order valence-corrected chi connectivity index (χ1v) is 10.3. The van der Waals surface area contributed by atoms with Crippen LogP contribution in [0.3, 0.4) is 0 Å². The van der Waals surface area contributed by atoms with Crippen molar-refractivity contribution in [1.29, 1.82) is 0 Å². The van der Waals surface area contributed by atoms with Gasteiger partial charge >= 0.3 is 0 Å². The van der Waals surface area contributed by atoms with Gasteiger partial charge in [0.05, 0.1) is 10.8 Å². The van der Waals surface area contributed by atoms with Gasteiger partial charge < -0.3 is 4.90 Å². The average molecular weight is 349 g/mol. The van der Waals surface area contributed by atoms with Crippen LogP contribution in [0, 0.1) is 5.92 Å². The van der Waals surface area contributed by atoms with E-state index in [0.29, 0.717) is 28.3 Å². The lowest BCUT2D eigenvalue weighted by Gasteiger charge is -2.31. The van der Waals surface area contributed by atoms with Gasteiger partial charge in [-0.3, -0.25) is 9.00 Å². The molecule has 1 aromatic rings. The summed E-state index contributed by atoms with van der Waals surface area (Å²) in [6.07, 6.45) is 4.33. The van der Waals surface area contributed by atoms with Crippen LogP contribution in [0.2, 0.25) is 0 Å². The summed E-state index contributed by atoms with van der Waals surface area (Å²) < 4.78 is 12.8. The van der Waals surface area contributed by atoms with Crippen LogP contribution in [0.25, 0.3) is 0 Å². The largest absolute Gasteiger partial charge is 0.332 e. The molecule has 5 heteroatoms. The molecule has 132 valence electrons. The van der Waals surface area contributed by atoms with Crippen LogP contribution in [0.15, 0.2) is 17.2 Å². The Morgan fingerprint density at radius 1 is 1.38 bits per heavy atom. The molecular formula is C19H28N2O2S. The first kappa shape index (κ1) is 17.6. The minimum atomic E-state index is -1.14. The molecule has 1 aromatic heterocycles. The highest BCUT2D eigenvalue weighted by molar-refractivity contribution is 7.85. The Morgan fingerprint density at radius 2 is 2.08 bits per heavy atom. The maximum Gasteiger partial charge on any atom is 0.272 e. The molecule has 3 rings (SSSR count). The molecule has 0 spiro atoms. The molecule has 24 heavy (non-hydrogen) atoms. The van der Waals surface area contributed by atoms with E-state index >= 15 is 0 Å². The summed E-state index contributed by atoms with van der Waals surface area (Å²) in [6, 6.07) is 3.83. The predicted molar refractivity (Wildman–Crippen MR) is 96.7 cm³/mol. The van der Waals surface area contributed by atoms with Gasteiger partial charge in [0.25, 0.3) is 5.91 Å². The molecule has 0 bridgehead atoms. The molecule has 1 aliphatic carbocycles. The number of hydrogen-bond acceptors (Lipinski definition) is 3. The van der Waals surface area contributed by atoms with Crippen LogP contribution in [-0.4, -0.2) is 37.8 Å². The molecule has 2 heterocycles. The highest BCUT2D eigenvalue weighted by Crippen LogP contribution is 2.42. The summed E-state index contributed by atoms with van der Waals surface area (Å²) in [4.78, 5) is 19.4. The minimum absolute atomic E-state index is 0.0253. The van der Waals surface area contributed by atoms with Crippen molar-refractivity contribution in [2.75, 3.05) is 12.3 Å². The summed E-state index contributed by atoms with van der Waals surface area (Å²) in [5.74, 6) is 1.40. The van der Waals surface area contributed by atoms with E-state index < -0.39 is 10.8 Å². The number of likely N-dealkylation sites (tertiary alicyclic amines) is 1. The molecule has 1 unspecified atom stereocenters. The van der Waals surface area contributed by atoms with Gasteiger partial charge in [-0.25, -0.2) is 4.98 Å². The van der Waals surface area contributed by atoms with Crippen molar-refractivity contribution in [2.24, 2.45) is 5.92 Å². The van der Waals surface area contributed by atoms with Crippen LogP contribution in [-0.2, 0) is 10.8 Å². The highest BCUT2D eigenvalue weighted by atomic mass is 32.2. The second-order valence-corrected chi connectivity index (χ2v) is 9.56. The Labute approximate surface area is 147 Å². The molecule has 2 fully saturated rings. The van der Waals surface area contributed by atoms with E-state index in [9.17, 15) is 9.00 Å². The van der Waals surface area contributed by atoms with Crippen LogP contribution < -0.4 is 0 Å². The van der Waals surface area contributed by atoms with Crippen LogP contribution >= 0.6 is 0 Å². The monoisotopic (exact) mass is 348 g/mol. The van der Waals surface area contributed by atoms with Crippen molar-refractivity contribution in [3.8, 4) is 0 Å². The SMILES string of the molecule is CC(C)CS(=O)c1nc(C(=O)N2CCCC2(C)C)ccc1C1CC1. The van der Waals surface area contributed by atoms with Crippen molar-refractivity contribution < 1.29 is 9.00 Å². The molecule has 0 radical (unpaired) electrons. The maximum atomic E-state index is 12.9. The van der Waals surface area contributed by atoms with Crippen molar-refractivity contribution in [3.63, 3.8) is 0 Å². The van der Waals surface area contributed by atoms with Crippen molar-refractivity contribution >= 4 is 16.7 Å². The summed E-state index contributed by atoms with van der Waals surface area (Å²) >= 11 is 0. The molecule has 4 nitrogen and oxygen atoms in total. The van der Waals surface area contributed by atoms with Gasteiger partial charge in [0.2, 0.25) is 0 Å². The average Bonchev–Trinajstić information content (AvgIpc) is 3.28. The fourth-order valence-corrected chi connectivity index (χ4v) is 4.92. The van der Waals surface area contributed by atoms with Gasteiger partial charge in [-0.05, 0) is 63.0 Å². The van der Waals surface area contributed by atoms with Gasteiger partial charge in [-0.15, -0.1) is 0 Å². The zero-order chi connectivity index (χ0) is 17.5. The Bertz CT molecular complexity index is 665. The number of hydrogen-bond donors (Lipinski definition) is 0. The van der Waals surface area contributed by atoms with Crippen LogP contribution in [0.1, 0.15) is 75.3 Å². The quantitative estimate of drug-likeness (QED) is 0.814. The summed E-state index contributed by atoms with van der Waals surface area (Å²) in [5.41, 5.74) is 1.42. The normalized spacial score (nSPS) is 21.3. The zero-order valence-electron chi connectivity index (χ0n) is 15.2. The summed E-state index contributed by atoms with van der Waals surface area (Å²) in [5, 5.41) is 0.647. The molecule has 1 saturated heterocycles. The van der Waals surface area contributed by atoms with E-state index in [1.807, 2.05) is 17.0 Å². The number of aromatic nitrogens is 1.